The molecule has 0 amide bonds. The Labute approximate surface area is 110 Å². The lowest BCUT2D eigenvalue weighted by Gasteiger charge is -2.10. The summed E-state index contributed by atoms with van der Waals surface area (Å²) in [5.41, 5.74) is 7.47. The molecule has 0 aliphatic rings. The Balaban J connectivity index is 2.41. The van der Waals surface area contributed by atoms with Crippen molar-refractivity contribution in [3.63, 3.8) is 0 Å². The monoisotopic (exact) mass is 258 g/mol. The lowest BCUT2D eigenvalue weighted by atomic mass is 10.2. The summed E-state index contributed by atoms with van der Waals surface area (Å²) in [4.78, 5) is 3.91. The summed E-state index contributed by atoms with van der Waals surface area (Å²) in [7, 11) is 3.09. The van der Waals surface area contributed by atoms with E-state index in [1.807, 2.05) is 0 Å². The molecule has 0 spiro atoms. The highest BCUT2D eigenvalue weighted by molar-refractivity contribution is 5.76. The van der Waals surface area contributed by atoms with E-state index in [2.05, 4.69) is 15.2 Å². The fourth-order valence-electron chi connectivity index (χ4n) is 1.53. The second kappa shape index (κ2) is 5.81. The molecule has 0 radical (unpaired) electrons. The highest BCUT2D eigenvalue weighted by atomic mass is 16.5. The van der Waals surface area contributed by atoms with Crippen molar-refractivity contribution >= 4 is 17.1 Å². The molecule has 0 saturated heterocycles. The van der Waals surface area contributed by atoms with Crippen molar-refractivity contribution in [3.8, 4) is 11.5 Å². The molecule has 6 heteroatoms. The summed E-state index contributed by atoms with van der Waals surface area (Å²) in [6, 6.07) is 6.94. The largest absolute Gasteiger partial charge is 0.495 e. The Morgan fingerprint density at radius 3 is 2.21 bits per heavy atom. The van der Waals surface area contributed by atoms with Gasteiger partial charge in [0.05, 0.1) is 19.9 Å². The third-order valence-corrected chi connectivity index (χ3v) is 2.51. The average Bonchev–Trinajstić information content (AvgIpc) is 2.46. The van der Waals surface area contributed by atoms with Gasteiger partial charge >= 0.3 is 0 Å². The number of hydrogen-bond donors (Lipinski definition) is 1. The summed E-state index contributed by atoms with van der Waals surface area (Å²) in [6.45, 7) is 0. The standard InChI is InChI=1S/C13H14N4O2/c1-18-10-3-4-11(19-2)13(12(10)14)17-16-9-5-7-15-8-6-9/h3-8H,14H2,1-2H3/b17-16+. The minimum Gasteiger partial charge on any atom is -0.495 e. The average molecular weight is 258 g/mol. The van der Waals surface area contributed by atoms with Crippen molar-refractivity contribution in [1.29, 1.82) is 0 Å². The van der Waals surface area contributed by atoms with Crippen LogP contribution in [0.15, 0.2) is 46.9 Å². The van der Waals surface area contributed by atoms with E-state index in [4.69, 9.17) is 15.2 Å². The SMILES string of the molecule is COc1ccc(OC)c(/N=N/c2ccncc2)c1N. The summed E-state index contributed by atoms with van der Waals surface area (Å²) in [5.74, 6) is 1.07. The summed E-state index contributed by atoms with van der Waals surface area (Å²) in [6.07, 6.45) is 3.28. The van der Waals surface area contributed by atoms with E-state index in [-0.39, 0.29) is 0 Å². The molecular weight excluding hydrogens is 244 g/mol. The van der Waals surface area contributed by atoms with Gasteiger partial charge in [-0.15, -0.1) is 5.11 Å². The number of hydrogen-bond acceptors (Lipinski definition) is 6. The van der Waals surface area contributed by atoms with E-state index in [0.29, 0.717) is 28.6 Å². The van der Waals surface area contributed by atoms with Gasteiger partial charge in [-0.25, -0.2) is 0 Å². The number of benzene rings is 1. The van der Waals surface area contributed by atoms with Crippen LogP contribution in [0.25, 0.3) is 0 Å². The number of azo groups is 1. The van der Waals surface area contributed by atoms with Gasteiger partial charge in [0.15, 0.2) is 5.69 Å². The second-order valence-corrected chi connectivity index (χ2v) is 3.64. The van der Waals surface area contributed by atoms with Crippen LogP contribution in [0.2, 0.25) is 0 Å². The van der Waals surface area contributed by atoms with Crippen molar-refractivity contribution in [2.45, 2.75) is 0 Å². The first-order valence-corrected chi connectivity index (χ1v) is 5.58. The summed E-state index contributed by atoms with van der Waals surface area (Å²) < 4.78 is 10.4. The highest BCUT2D eigenvalue weighted by Crippen LogP contribution is 2.40. The molecule has 19 heavy (non-hydrogen) atoms. The molecule has 1 aromatic heterocycles. The van der Waals surface area contributed by atoms with Crippen LogP contribution in [-0.4, -0.2) is 19.2 Å². The lowest BCUT2D eigenvalue weighted by molar-refractivity contribution is 0.406. The van der Waals surface area contributed by atoms with Crippen LogP contribution in [0.5, 0.6) is 11.5 Å². The maximum atomic E-state index is 5.96. The first kappa shape index (κ1) is 12.8. The Morgan fingerprint density at radius 1 is 0.947 bits per heavy atom. The van der Waals surface area contributed by atoms with Crippen molar-refractivity contribution in [2.75, 3.05) is 20.0 Å². The van der Waals surface area contributed by atoms with E-state index >= 15 is 0 Å². The normalized spacial score (nSPS) is 10.6. The molecule has 98 valence electrons. The van der Waals surface area contributed by atoms with Gasteiger partial charge in [-0.1, -0.05) is 0 Å². The minimum absolute atomic E-state index is 0.389. The second-order valence-electron chi connectivity index (χ2n) is 3.64. The molecular formula is C13H14N4O2. The maximum Gasteiger partial charge on any atom is 0.154 e. The zero-order chi connectivity index (χ0) is 13.7. The fourth-order valence-corrected chi connectivity index (χ4v) is 1.53. The number of nitrogens with zero attached hydrogens (tertiary/aromatic N) is 3. The van der Waals surface area contributed by atoms with E-state index in [0.717, 1.165) is 0 Å². The zero-order valence-corrected chi connectivity index (χ0v) is 10.7. The van der Waals surface area contributed by atoms with Gasteiger partial charge in [-0.05, 0) is 24.3 Å². The topological polar surface area (TPSA) is 82.1 Å². The highest BCUT2D eigenvalue weighted by Gasteiger charge is 2.11. The Kier molecular flexibility index (Phi) is 3.92. The van der Waals surface area contributed by atoms with E-state index in [9.17, 15) is 0 Å². The molecule has 1 heterocycles. The molecule has 0 unspecified atom stereocenters. The fraction of sp³-hybridized carbons (Fsp3) is 0.154. The zero-order valence-electron chi connectivity index (χ0n) is 10.7. The van der Waals surface area contributed by atoms with Gasteiger partial charge in [0.1, 0.15) is 17.2 Å². The maximum absolute atomic E-state index is 5.96. The third-order valence-electron chi connectivity index (χ3n) is 2.51. The number of nitrogens with two attached hydrogens (primary N) is 1. The van der Waals surface area contributed by atoms with Crippen molar-refractivity contribution in [1.82, 2.24) is 4.98 Å². The molecule has 0 aliphatic carbocycles. The van der Waals surface area contributed by atoms with Crippen LogP contribution in [0.1, 0.15) is 0 Å². The van der Waals surface area contributed by atoms with E-state index in [1.165, 1.54) is 0 Å². The van der Waals surface area contributed by atoms with Crippen LogP contribution in [0.4, 0.5) is 17.1 Å². The van der Waals surface area contributed by atoms with Crippen molar-refractivity contribution in [3.05, 3.63) is 36.7 Å². The van der Waals surface area contributed by atoms with Gasteiger partial charge in [0, 0.05) is 12.4 Å². The summed E-state index contributed by atoms with van der Waals surface area (Å²) in [5, 5.41) is 8.21. The Bertz CT molecular complexity index is 585. The van der Waals surface area contributed by atoms with Gasteiger partial charge < -0.3 is 15.2 Å². The van der Waals surface area contributed by atoms with Crippen LogP contribution >= 0.6 is 0 Å². The van der Waals surface area contributed by atoms with Gasteiger partial charge in [-0.3, -0.25) is 4.98 Å². The molecule has 0 saturated carbocycles. The van der Waals surface area contributed by atoms with Crippen LogP contribution in [0, 0.1) is 0 Å². The number of pyridine rings is 1. The van der Waals surface area contributed by atoms with E-state index in [1.54, 1.807) is 50.9 Å². The number of anilines is 1. The molecule has 0 fully saturated rings. The molecule has 2 aromatic rings. The number of nitrogen functional groups attached to an aromatic ring is 1. The smallest absolute Gasteiger partial charge is 0.154 e. The number of aromatic nitrogens is 1. The molecule has 6 nitrogen and oxygen atoms in total. The predicted octanol–water partition coefficient (Wildman–Crippen LogP) is 3.10. The summed E-state index contributed by atoms with van der Waals surface area (Å²) >= 11 is 0. The minimum atomic E-state index is 0.389. The number of methoxy groups -OCH3 is 2. The van der Waals surface area contributed by atoms with Gasteiger partial charge in [0.2, 0.25) is 0 Å². The predicted molar refractivity (Wildman–Crippen MR) is 72.4 cm³/mol. The molecule has 1 aromatic carbocycles. The van der Waals surface area contributed by atoms with Crippen LogP contribution < -0.4 is 15.2 Å². The third kappa shape index (κ3) is 2.79. The molecule has 0 bridgehead atoms. The van der Waals surface area contributed by atoms with Crippen LogP contribution in [0.3, 0.4) is 0 Å². The quantitative estimate of drug-likeness (QED) is 0.674. The molecule has 2 N–H and O–H groups in total. The van der Waals surface area contributed by atoms with Gasteiger partial charge in [-0.2, -0.15) is 5.11 Å². The van der Waals surface area contributed by atoms with Crippen LogP contribution in [-0.2, 0) is 0 Å². The Hall–Kier alpha value is -2.63. The number of ether oxygens (including phenoxy) is 2. The first-order chi connectivity index (χ1) is 9.26. The van der Waals surface area contributed by atoms with E-state index < -0.39 is 0 Å². The molecule has 0 aliphatic heterocycles. The first-order valence-electron chi connectivity index (χ1n) is 5.58. The lowest BCUT2D eigenvalue weighted by Crippen LogP contribution is -1.94. The van der Waals surface area contributed by atoms with Crippen molar-refractivity contribution < 1.29 is 9.47 Å². The molecule has 2 rings (SSSR count). The van der Waals surface area contributed by atoms with Gasteiger partial charge in [0.25, 0.3) is 0 Å². The number of rotatable bonds is 4. The van der Waals surface area contributed by atoms with Crippen molar-refractivity contribution in [2.24, 2.45) is 10.2 Å². The molecule has 0 atom stereocenters. The Morgan fingerprint density at radius 2 is 1.58 bits per heavy atom.